The van der Waals surface area contributed by atoms with E-state index in [1.54, 1.807) is 4.90 Å². The summed E-state index contributed by atoms with van der Waals surface area (Å²) in [6.45, 7) is 2.09. The van der Waals surface area contributed by atoms with Gasteiger partial charge in [0.15, 0.2) is 0 Å². The van der Waals surface area contributed by atoms with Crippen LogP contribution in [-0.4, -0.2) is 29.0 Å². The first-order valence-electron chi connectivity index (χ1n) is 7.74. The summed E-state index contributed by atoms with van der Waals surface area (Å²) in [5.41, 5.74) is 6.27. The van der Waals surface area contributed by atoms with Crippen LogP contribution in [0.25, 0.3) is 0 Å². The number of benzene rings is 2. The molecule has 2 aromatic rings. The van der Waals surface area contributed by atoms with Gasteiger partial charge in [-0.3, -0.25) is 4.90 Å². The van der Waals surface area contributed by atoms with Crippen LogP contribution in [-0.2, 0) is 0 Å². The Balaban J connectivity index is 1.90. The highest BCUT2D eigenvalue weighted by Gasteiger charge is 2.57. The SMILES string of the molecule is CC12CN(C(N)=O)C(=O)N1c1ccccc1OC2c1ccccc1. The lowest BCUT2D eigenvalue weighted by molar-refractivity contribution is 0.108. The Kier molecular flexibility index (Phi) is 3.03. The number of fused-ring (bicyclic) bond motifs is 3. The normalized spacial score (nSPS) is 25.0. The topological polar surface area (TPSA) is 75.9 Å². The van der Waals surface area contributed by atoms with Crippen LogP contribution in [0, 0.1) is 0 Å². The first kappa shape index (κ1) is 14.6. The fraction of sp³-hybridized carbons (Fsp3) is 0.222. The minimum atomic E-state index is -0.750. The van der Waals surface area contributed by atoms with E-state index >= 15 is 0 Å². The molecule has 4 rings (SSSR count). The largest absolute Gasteiger partial charge is 0.481 e. The maximum atomic E-state index is 12.8. The van der Waals surface area contributed by atoms with Crippen molar-refractivity contribution in [3.63, 3.8) is 0 Å². The van der Waals surface area contributed by atoms with Gasteiger partial charge in [0.25, 0.3) is 0 Å². The van der Waals surface area contributed by atoms with Gasteiger partial charge in [0.1, 0.15) is 17.4 Å². The second kappa shape index (κ2) is 4.99. The summed E-state index contributed by atoms with van der Waals surface area (Å²) in [6.07, 6.45) is -0.401. The number of anilines is 1. The number of carbonyl (C=O) groups is 2. The van der Waals surface area contributed by atoms with Gasteiger partial charge in [0.2, 0.25) is 0 Å². The predicted octanol–water partition coefficient (Wildman–Crippen LogP) is 2.90. The second-order valence-electron chi connectivity index (χ2n) is 6.28. The molecule has 0 bridgehead atoms. The second-order valence-corrected chi connectivity index (χ2v) is 6.28. The molecule has 0 aromatic heterocycles. The number of urea groups is 2. The average molecular weight is 323 g/mol. The molecule has 2 aliphatic rings. The molecule has 2 aromatic carbocycles. The van der Waals surface area contributed by atoms with Crippen LogP contribution in [0.5, 0.6) is 5.75 Å². The molecular formula is C18H17N3O3. The number of hydrogen-bond acceptors (Lipinski definition) is 3. The first-order valence-corrected chi connectivity index (χ1v) is 7.74. The van der Waals surface area contributed by atoms with E-state index in [1.165, 1.54) is 0 Å². The van der Waals surface area contributed by atoms with Crippen LogP contribution in [0.3, 0.4) is 0 Å². The zero-order valence-corrected chi connectivity index (χ0v) is 13.2. The summed E-state index contributed by atoms with van der Waals surface area (Å²) in [6, 6.07) is 15.9. The third-order valence-electron chi connectivity index (χ3n) is 4.70. The Labute approximate surface area is 139 Å². The fourth-order valence-electron chi connectivity index (χ4n) is 3.60. The number of hydrogen-bond donors (Lipinski definition) is 1. The molecule has 24 heavy (non-hydrogen) atoms. The van der Waals surface area contributed by atoms with Crippen molar-refractivity contribution in [3.05, 3.63) is 60.2 Å². The van der Waals surface area contributed by atoms with Crippen molar-refractivity contribution in [2.24, 2.45) is 5.73 Å². The molecule has 0 saturated carbocycles. The molecule has 2 N–H and O–H groups in total. The summed E-state index contributed by atoms with van der Waals surface area (Å²) in [4.78, 5) is 27.2. The van der Waals surface area contributed by atoms with Gasteiger partial charge in [-0.1, -0.05) is 42.5 Å². The smallest absolute Gasteiger partial charge is 0.333 e. The molecule has 0 aliphatic carbocycles. The highest BCUT2D eigenvalue weighted by Crippen LogP contribution is 2.50. The Hall–Kier alpha value is -3.02. The number of ether oxygens (including phenoxy) is 1. The van der Waals surface area contributed by atoms with Crippen LogP contribution >= 0.6 is 0 Å². The van der Waals surface area contributed by atoms with Crippen LogP contribution in [0.15, 0.2) is 54.6 Å². The molecule has 2 heterocycles. The number of nitrogens with zero attached hydrogens (tertiary/aromatic N) is 2. The Morgan fingerprint density at radius 2 is 1.83 bits per heavy atom. The van der Waals surface area contributed by atoms with Gasteiger partial charge in [-0.05, 0) is 24.6 Å². The minimum absolute atomic E-state index is 0.176. The molecule has 2 unspecified atom stereocenters. The summed E-state index contributed by atoms with van der Waals surface area (Å²) >= 11 is 0. The average Bonchev–Trinajstić information content (AvgIpc) is 2.87. The van der Waals surface area contributed by atoms with E-state index in [0.717, 1.165) is 10.5 Å². The van der Waals surface area contributed by atoms with Crippen molar-refractivity contribution in [2.75, 3.05) is 11.4 Å². The lowest BCUT2D eigenvalue weighted by atomic mass is 9.86. The van der Waals surface area contributed by atoms with E-state index < -0.39 is 23.7 Å². The molecule has 0 spiro atoms. The standard InChI is InChI=1S/C18H17N3O3/c1-18-11-20(16(19)22)17(23)21(18)13-9-5-6-10-14(13)24-15(18)12-7-3-2-4-8-12/h2-10,15H,11H2,1H3,(H2,19,22). The summed E-state index contributed by atoms with van der Waals surface area (Å²) in [5.74, 6) is 0.614. The van der Waals surface area contributed by atoms with E-state index in [9.17, 15) is 9.59 Å². The van der Waals surface area contributed by atoms with Gasteiger partial charge >= 0.3 is 12.1 Å². The summed E-state index contributed by atoms with van der Waals surface area (Å²) in [5, 5.41) is 0. The van der Waals surface area contributed by atoms with Crippen molar-refractivity contribution in [2.45, 2.75) is 18.6 Å². The Morgan fingerprint density at radius 3 is 2.54 bits per heavy atom. The quantitative estimate of drug-likeness (QED) is 0.876. The monoisotopic (exact) mass is 323 g/mol. The predicted molar refractivity (Wildman–Crippen MR) is 88.8 cm³/mol. The van der Waals surface area contributed by atoms with Gasteiger partial charge in [-0.15, -0.1) is 0 Å². The lowest BCUT2D eigenvalue weighted by Crippen LogP contribution is -2.54. The van der Waals surface area contributed by atoms with E-state index in [0.29, 0.717) is 11.4 Å². The van der Waals surface area contributed by atoms with Crippen LogP contribution in [0.1, 0.15) is 18.6 Å². The highest BCUT2D eigenvalue weighted by molar-refractivity contribution is 6.06. The van der Waals surface area contributed by atoms with Gasteiger partial charge in [-0.2, -0.15) is 0 Å². The number of carbonyl (C=O) groups excluding carboxylic acids is 2. The van der Waals surface area contributed by atoms with Gasteiger partial charge in [-0.25, -0.2) is 14.5 Å². The number of primary amides is 1. The number of nitrogens with two attached hydrogens (primary N) is 1. The molecule has 2 aliphatic heterocycles. The van der Waals surface area contributed by atoms with E-state index in [1.807, 2.05) is 61.5 Å². The number of amides is 4. The minimum Gasteiger partial charge on any atom is -0.481 e. The van der Waals surface area contributed by atoms with Gasteiger partial charge in [0.05, 0.1) is 12.2 Å². The van der Waals surface area contributed by atoms with Crippen LogP contribution in [0.4, 0.5) is 15.3 Å². The number of rotatable bonds is 1. The molecule has 1 saturated heterocycles. The molecule has 6 nitrogen and oxygen atoms in total. The highest BCUT2D eigenvalue weighted by atomic mass is 16.5. The zero-order chi connectivity index (χ0) is 16.9. The lowest BCUT2D eigenvalue weighted by Gasteiger charge is -2.44. The van der Waals surface area contributed by atoms with Crippen LogP contribution in [0.2, 0.25) is 0 Å². The molecule has 122 valence electrons. The number of imide groups is 1. The van der Waals surface area contributed by atoms with Gasteiger partial charge < -0.3 is 10.5 Å². The van der Waals surface area contributed by atoms with E-state index in [4.69, 9.17) is 10.5 Å². The van der Waals surface area contributed by atoms with Crippen molar-refractivity contribution in [1.29, 1.82) is 0 Å². The fourth-order valence-corrected chi connectivity index (χ4v) is 3.60. The molecular weight excluding hydrogens is 306 g/mol. The zero-order valence-electron chi connectivity index (χ0n) is 13.2. The van der Waals surface area contributed by atoms with Crippen molar-refractivity contribution in [3.8, 4) is 5.75 Å². The van der Waals surface area contributed by atoms with E-state index in [2.05, 4.69) is 0 Å². The molecule has 1 fully saturated rings. The third kappa shape index (κ3) is 1.89. The maximum absolute atomic E-state index is 12.8. The maximum Gasteiger partial charge on any atom is 0.333 e. The number of para-hydroxylation sites is 2. The third-order valence-corrected chi connectivity index (χ3v) is 4.70. The Bertz CT molecular complexity index is 823. The molecule has 4 amide bonds. The molecule has 0 radical (unpaired) electrons. The van der Waals surface area contributed by atoms with Crippen molar-refractivity contribution < 1.29 is 14.3 Å². The van der Waals surface area contributed by atoms with Crippen LogP contribution < -0.4 is 15.4 Å². The summed E-state index contributed by atoms with van der Waals surface area (Å²) in [7, 11) is 0. The molecule has 2 atom stereocenters. The van der Waals surface area contributed by atoms with Crippen molar-refractivity contribution >= 4 is 17.7 Å². The van der Waals surface area contributed by atoms with Crippen molar-refractivity contribution in [1.82, 2.24) is 4.90 Å². The van der Waals surface area contributed by atoms with Gasteiger partial charge in [0, 0.05) is 0 Å². The Morgan fingerprint density at radius 1 is 1.17 bits per heavy atom. The first-order chi connectivity index (χ1) is 11.5. The summed E-state index contributed by atoms with van der Waals surface area (Å²) < 4.78 is 6.24. The molecule has 6 heteroatoms. The van der Waals surface area contributed by atoms with E-state index in [-0.39, 0.29) is 6.54 Å².